The maximum atomic E-state index is 12.1. The van der Waals surface area contributed by atoms with Crippen LogP contribution >= 0.6 is 11.3 Å². The first kappa shape index (κ1) is 16.2. The van der Waals surface area contributed by atoms with Crippen LogP contribution in [0.4, 0.5) is 10.9 Å². The molecule has 1 heterocycles. The van der Waals surface area contributed by atoms with Crippen LogP contribution in [-0.2, 0) is 4.79 Å². The predicted molar refractivity (Wildman–Crippen MR) is 80.8 cm³/mol. The van der Waals surface area contributed by atoms with E-state index in [0.29, 0.717) is 10.0 Å². The summed E-state index contributed by atoms with van der Waals surface area (Å²) in [6.45, 7) is 4.61. The minimum atomic E-state index is -0.460. The fourth-order valence-electron chi connectivity index (χ4n) is 1.72. The minimum absolute atomic E-state index is 0.0903. The van der Waals surface area contributed by atoms with Crippen molar-refractivity contribution in [2.24, 2.45) is 5.73 Å². The molecule has 112 valence electrons. The number of carbonyl (C=O) groups excluding carboxylic acids is 2. The Balaban J connectivity index is 2.76. The second kappa shape index (κ2) is 7.09. The lowest BCUT2D eigenvalue weighted by atomic mass is 10.2. The predicted octanol–water partition coefficient (Wildman–Crippen LogP) is 0.565. The number of aromatic nitrogens is 1. The fourth-order valence-corrected chi connectivity index (χ4v) is 2.59. The van der Waals surface area contributed by atoms with E-state index >= 15 is 0 Å². The second-order valence-corrected chi connectivity index (χ2v) is 5.65. The van der Waals surface area contributed by atoms with Crippen LogP contribution in [-0.4, -0.2) is 36.4 Å². The minimum Gasteiger partial charge on any atom is -0.382 e. The lowest BCUT2D eigenvalue weighted by Gasteiger charge is -2.13. The number of hydrogen-bond acceptors (Lipinski definition) is 6. The number of carbonyl (C=O) groups is 2. The van der Waals surface area contributed by atoms with Crippen LogP contribution in [0.15, 0.2) is 0 Å². The summed E-state index contributed by atoms with van der Waals surface area (Å²) in [5, 5.41) is 3.39. The molecule has 0 fully saturated rings. The Bertz CT molecular complexity index is 488. The zero-order valence-corrected chi connectivity index (χ0v) is 12.8. The molecule has 0 saturated carbocycles. The molecular weight excluding hydrogens is 278 g/mol. The third-order valence-electron chi connectivity index (χ3n) is 2.62. The highest BCUT2D eigenvalue weighted by Crippen LogP contribution is 2.27. The topological polar surface area (TPSA) is 114 Å². The summed E-state index contributed by atoms with van der Waals surface area (Å²) in [6.07, 6.45) is 1.07. The number of primary amides is 1. The van der Waals surface area contributed by atoms with E-state index in [9.17, 15) is 9.59 Å². The molecule has 0 radical (unpaired) electrons. The van der Waals surface area contributed by atoms with Gasteiger partial charge in [-0.3, -0.25) is 9.59 Å². The maximum Gasteiger partial charge on any atom is 0.265 e. The molecule has 0 bridgehead atoms. The van der Waals surface area contributed by atoms with Crippen LogP contribution in [0.25, 0.3) is 0 Å². The molecule has 0 aliphatic rings. The monoisotopic (exact) mass is 299 g/mol. The van der Waals surface area contributed by atoms with E-state index in [0.717, 1.165) is 13.0 Å². The summed E-state index contributed by atoms with van der Waals surface area (Å²) in [5.41, 5.74) is 10.9. The summed E-state index contributed by atoms with van der Waals surface area (Å²) in [7, 11) is 1.90. The zero-order valence-electron chi connectivity index (χ0n) is 12.0. The Morgan fingerprint density at radius 3 is 2.70 bits per heavy atom. The van der Waals surface area contributed by atoms with Crippen molar-refractivity contribution in [3.8, 4) is 0 Å². The standard InChI is InChI=1S/C12H21N5O2S/c1-4-5-17(3)12-16-10(14)9(20-12)11(19)15-7(2)6-8(13)18/h7H,4-6,14H2,1-3H3,(H2,13,18)(H,15,19). The number of thiazole rings is 1. The Hall–Kier alpha value is -1.83. The molecule has 1 unspecified atom stereocenters. The summed E-state index contributed by atoms with van der Waals surface area (Å²) in [4.78, 5) is 29.3. The van der Waals surface area contributed by atoms with Crippen LogP contribution in [0.5, 0.6) is 0 Å². The zero-order chi connectivity index (χ0) is 15.3. The molecule has 5 N–H and O–H groups in total. The summed E-state index contributed by atoms with van der Waals surface area (Å²) < 4.78 is 0. The third-order valence-corrected chi connectivity index (χ3v) is 3.80. The Labute approximate surface area is 122 Å². The summed E-state index contributed by atoms with van der Waals surface area (Å²) in [5.74, 6) is -0.583. The highest BCUT2D eigenvalue weighted by Gasteiger charge is 2.19. The van der Waals surface area contributed by atoms with E-state index in [4.69, 9.17) is 11.5 Å². The first-order valence-corrected chi connectivity index (χ1v) is 7.23. The molecule has 1 atom stereocenters. The van der Waals surface area contributed by atoms with E-state index < -0.39 is 5.91 Å². The average molecular weight is 299 g/mol. The first-order valence-electron chi connectivity index (χ1n) is 6.41. The number of anilines is 2. The van der Waals surface area contributed by atoms with E-state index in [2.05, 4.69) is 17.2 Å². The van der Waals surface area contributed by atoms with Gasteiger partial charge in [-0.05, 0) is 13.3 Å². The molecule has 8 heteroatoms. The van der Waals surface area contributed by atoms with E-state index in [-0.39, 0.29) is 24.2 Å². The SMILES string of the molecule is CCCN(C)c1nc(N)c(C(=O)NC(C)CC(N)=O)s1. The van der Waals surface area contributed by atoms with Crippen molar-refractivity contribution >= 4 is 34.1 Å². The van der Waals surface area contributed by atoms with Gasteiger partial charge in [0, 0.05) is 26.1 Å². The van der Waals surface area contributed by atoms with Crippen LogP contribution in [0, 0.1) is 0 Å². The number of nitrogens with two attached hydrogens (primary N) is 2. The van der Waals surface area contributed by atoms with Gasteiger partial charge in [-0.15, -0.1) is 0 Å². The number of nitrogens with one attached hydrogen (secondary N) is 1. The van der Waals surface area contributed by atoms with Crippen LogP contribution in [0.3, 0.4) is 0 Å². The molecule has 0 aliphatic carbocycles. The van der Waals surface area contributed by atoms with Crippen molar-refractivity contribution in [3.63, 3.8) is 0 Å². The lowest BCUT2D eigenvalue weighted by molar-refractivity contribution is -0.118. The van der Waals surface area contributed by atoms with Crippen LogP contribution in [0.1, 0.15) is 36.4 Å². The van der Waals surface area contributed by atoms with Gasteiger partial charge in [-0.1, -0.05) is 18.3 Å². The molecule has 7 nitrogen and oxygen atoms in total. The summed E-state index contributed by atoms with van der Waals surface area (Å²) in [6, 6.07) is -0.335. The molecule has 0 saturated heterocycles. The second-order valence-electron chi connectivity index (χ2n) is 4.68. The normalized spacial score (nSPS) is 11.9. The van der Waals surface area contributed by atoms with Crippen molar-refractivity contribution in [3.05, 3.63) is 4.88 Å². The van der Waals surface area contributed by atoms with Gasteiger partial charge in [-0.25, -0.2) is 4.98 Å². The molecule has 1 rings (SSSR count). The lowest BCUT2D eigenvalue weighted by Crippen LogP contribution is -2.35. The number of amides is 2. The van der Waals surface area contributed by atoms with E-state index in [1.165, 1.54) is 11.3 Å². The third kappa shape index (κ3) is 4.37. The molecule has 0 aliphatic heterocycles. The first-order chi connectivity index (χ1) is 9.35. The van der Waals surface area contributed by atoms with Crippen molar-refractivity contribution in [1.82, 2.24) is 10.3 Å². The molecule has 1 aromatic heterocycles. The molecular formula is C12H21N5O2S. The Morgan fingerprint density at radius 2 is 2.15 bits per heavy atom. The molecule has 0 aromatic carbocycles. The quantitative estimate of drug-likeness (QED) is 0.681. The van der Waals surface area contributed by atoms with Gasteiger partial charge < -0.3 is 21.7 Å². The van der Waals surface area contributed by atoms with Gasteiger partial charge in [0.2, 0.25) is 5.91 Å². The largest absolute Gasteiger partial charge is 0.382 e. The summed E-state index contributed by atoms with van der Waals surface area (Å²) >= 11 is 1.24. The number of hydrogen-bond donors (Lipinski definition) is 3. The molecule has 20 heavy (non-hydrogen) atoms. The fraction of sp³-hybridized carbons (Fsp3) is 0.583. The maximum absolute atomic E-state index is 12.1. The van der Waals surface area contributed by atoms with E-state index in [1.54, 1.807) is 6.92 Å². The number of nitrogen functional groups attached to an aromatic ring is 1. The van der Waals surface area contributed by atoms with E-state index in [1.807, 2.05) is 11.9 Å². The molecule has 1 aromatic rings. The molecule has 0 spiro atoms. The Kier molecular flexibility index (Phi) is 5.75. The van der Waals surface area contributed by atoms with Crippen LogP contribution < -0.4 is 21.7 Å². The highest BCUT2D eigenvalue weighted by molar-refractivity contribution is 7.18. The van der Waals surface area contributed by atoms with Gasteiger partial charge in [0.25, 0.3) is 5.91 Å². The van der Waals surface area contributed by atoms with Crippen molar-refractivity contribution in [2.45, 2.75) is 32.7 Å². The van der Waals surface area contributed by atoms with Gasteiger partial charge in [-0.2, -0.15) is 0 Å². The Morgan fingerprint density at radius 1 is 1.50 bits per heavy atom. The van der Waals surface area contributed by atoms with Gasteiger partial charge in [0.05, 0.1) is 0 Å². The van der Waals surface area contributed by atoms with Crippen molar-refractivity contribution in [1.29, 1.82) is 0 Å². The van der Waals surface area contributed by atoms with Crippen molar-refractivity contribution in [2.75, 3.05) is 24.2 Å². The van der Waals surface area contributed by atoms with Gasteiger partial charge >= 0.3 is 0 Å². The number of rotatable bonds is 7. The smallest absolute Gasteiger partial charge is 0.265 e. The number of nitrogens with zero attached hydrogens (tertiary/aromatic N) is 2. The van der Waals surface area contributed by atoms with Crippen molar-refractivity contribution < 1.29 is 9.59 Å². The average Bonchev–Trinajstić information content (AvgIpc) is 2.70. The van der Waals surface area contributed by atoms with Gasteiger partial charge in [0.1, 0.15) is 10.7 Å². The van der Waals surface area contributed by atoms with Gasteiger partial charge in [0.15, 0.2) is 5.13 Å². The van der Waals surface area contributed by atoms with Crippen LogP contribution in [0.2, 0.25) is 0 Å². The molecule has 2 amide bonds. The highest BCUT2D eigenvalue weighted by atomic mass is 32.1.